The van der Waals surface area contributed by atoms with Crippen molar-refractivity contribution in [1.29, 1.82) is 0 Å². The maximum absolute atomic E-state index is 12.8. The first kappa shape index (κ1) is 16.1. The molecule has 1 N–H and O–H groups in total. The second-order valence-electron chi connectivity index (χ2n) is 6.88. The first-order chi connectivity index (χ1) is 9.77. The van der Waals surface area contributed by atoms with Crippen LogP contribution in [0, 0.1) is 5.92 Å². The highest BCUT2D eigenvalue weighted by molar-refractivity contribution is 5.86. The zero-order valence-electron chi connectivity index (χ0n) is 13.5. The first-order valence-electron chi connectivity index (χ1n) is 7.73. The minimum absolute atomic E-state index is 0.115. The molecule has 2 fully saturated rings. The molecule has 2 rings (SSSR count). The van der Waals surface area contributed by atoms with E-state index in [-0.39, 0.29) is 6.03 Å². The van der Waals surface area contributed by atoms with Gasteiger partial charge in [0, 0.05) is 25.7 Å². The molecule has 0 aromatic heterocycles. The van der Waals surface area contributed by atoms with Gasteiger partial charge in [0.25, 0.3) is 0 Å². The van der Waals surface area contributed by atoms with Crippen molar-refractivity contribution in [2.24, 2.45) is 5.92 Å². The Morgan fingerprint density at radius 3 is 2.43 bits per heavy atom. The van der Waals surface area contributed by atoms with Crippen molar-refractivity contribution in [3.8, 4) is 0 Å². The van der Waals surface area contributed by atoms with Crippen molar-refractivity contribution in [1.82, 2.24) is 14.7 Å². The van der Waals surface area contributed by atoms with E-state index in [2.05, 4.69) is 11.8 Å². The van der Waals surface area contributed by atoms with Gasteiger partial charge >= 0.3 is 12.0 Å². The molecule has 3 atom stereocenters. The average molecular weight is 297 g/mol. The van der Waals surface area contributed by atoms with Crippen LogP contribution in [0.2, 0.25) is 0 Å². The molecule has 3 unspecified atom stereocenters. The molecular formula is C15H27N3O3. The smallest absolute Gasteiger partial charge is 0.329 e. The topological polar surface area (TPSA) is 64.1 Å². The number of likely N-dealkylation sites (N-methyl/N-ethyl adjacent to an activating group) is 1. The molecule has 6 heteroatoms. The fourth-order valence-electron chi connectivity index (χ4n) is 3.60. The zero-order valence-corrected chi connectivity index (χ0v) is 13.5. The summed E-state index contributed by atoms with van der Waals surface area (Å²) in [5.74, 6) is -0.489. The Hall–Kier alpha value is -1.30. The molecule has 2 aliphatic heterocycles. The van der Waals surface area contributed by atoms with Gasteiger partial charge in [-0.3, -0.25) is 0 Å². The summed E-state index contributed by atoms with van der Waals surface area (Å²) < 4.78 is 0. The Bertz CT molecular complexity index is 426. The number of nitrogens with zero attached hydrogens (tertiary/aromatic N) is 3. The van der Waals surface area contributed by atoms with E-state index in [1.165, 1.54) is 0 Å². The van der Waals surface area contributed by atoms with Crippen LogP contribution in [0.25, 0.3) is 0 Å². The van der Waals surface area contributed by atoms with Crippen LogP contribution < -0.4 is 0 Å². The van der Waals surface area contributed by atoms with E-state index in [9.17, 15) is 14.7 Å². The van der Waals surface area contributed by atoms with Crippen LogP contribution in [-0.4, -0.2) is 77.1 Å². The van der Waals surface area contributed by atoms with Crippen LogP contribution in [0.3, 0.4) is 0 Å². The molecule has 2 saturated heterocycles. The lowest BCUT2D eigenvalue weighted by molar-refractivity contribution is -0.150. The minimum Gasteiger partial charge on any atom is -0.480 e. The van der Waals surface area contributed by atoms with E-state index in [4.69, 9.17) is 0 Å². The summed E-state index contributed by atoms with van der Waals surface area (Å²) >= 11 is 0. The Morgan fingerprint density at radius 1 is 1.24 bits per heavy atom. The lowest BCUT2D eigenvalue weighted by atomic mass is 9.89. The third-order valence-corrected chi connectivity index (χ3v) is 5.09. The van der Waals surface area contributed by atoms with E-state index < -0.39 is 11.5 Å². The lowest BCUT2D eigenvalue weighted by Gasteiger charge is -2.43. The Morgan fingerprint density at radius 2 is 1.90 bits per heavy atom. The normalized spacial score (nSPS) is 33.6. The summed E-state index contributed by atoms with van der Waals surface area (Å²) in [5, 5.41) is 9.53. The van der Waals surface area contributed by atoms with Gasteiger partial charge in [0.05, 0.1) is 0 Å². The summed E-state index contributed by atoms with van der Waals surface area (Å²) in [6.45, 7) is 5.74. The van der Waals surface area contributed by atoms with Crippen LogP contribution in [0.15, 0.2) is 0 Å². The molecule has 0 saturated carbocycles. The summed E-state index contributed by atoms with van der Waals surface area (Å²) in [5.41, 5.74) is -1.06. The van der Waals surface area contributed by atoms with Crippen molar-refractivity contribution in [3.63, 3.8) is 0 Å². The van der Waals surface area contributed by atoms with Gasteiger partial charge in [0.15, 0.2) is 0 Å². The van der Waals surface area contributed by atoms with Gasteiger partial charge in [0.1, 0.15) is 5.54 Å². The number of likely N-dealkylation sites (tertiary alicyclic amines) is 2. The molecule has 0 bridgehead atoms. The quantitative estimate of drug-likeness (QED) is 0.835. The first-order valence-corrected chi connectivity index (χ1v) is 7.73. The molecule has 6 nitrogen and oxygen atoms in total. The average Bonchev–Trinajstić information content (AvgIpc) is 2.80. The number of hydrogen-bond donors (Lipinski definition) is 1. The molecule has 0 aromatic rings. The van der Waals surface area contributed by atoms with E-state index in [0.29, 0.717) is 38.0 Å². The van der Waals surface area contributed by atoms with Crippen LogP contribution in [0.4, 0.5) is 4.79 Å². The van der Waals surface area contributed by atoms with Crippen molar-refractivity contribution < 1.29 is 14.7 Å². The fraction of sp³-hybridized carbons (Fsp3) is 0.867. The van der Waals surface area contributed by atoms with Crippen LogP contribution >= 0.6 is 0 Å². The minimum atomic E-state index is -1.06. The van der Waals surface area contributed by atoms with Gasteiger partial charge < -0.3 is 19.8 Å². The lowest BCUT2D eigenvalue weighted by Crippen LogP contribution is -2.60. The second-order valence-corrected chi connectivity index (χ2v) is 6.88. The van der Waals surface area contributed by atoms with Crippen LogP contribution in [-0.2, 0) is 4.79 Å². The van der Waals surface area contributed by atoms with Crippen LogP contribution in [0.5, 0.6) is 0 Å². The van der Waals surface area contributed by atoms with Gasteiger partial charge in [-0.2, -0.15) is 0 Å². The Labute approximate surface area is 126 Å². The van der Waals surface area contributed by atoms with Crippen molar-refractivity contribution in [2.45, 2.75) is 44.7 Å². The third kappa shape index (κ3) is 2.86. The Kier molecular flexibility index (Phi) is 4.46. The zero-order chi connectivity index (χ0) is 15.8. The summed E-state index contributed by atoms with van der Waals surface area (Å²) in [6, 6.07) is 0.227. The Balaban J connectivity index is 2.14. The van der Waals surface area contributed by atoms with Crippen molar-refractivity contribution in [3.05, 3.63) is 0 Å². The number of amides is 2. The number of hydrogen-bond acceptors (Lipinski definition) is 3. The molecule has 120 valence electrons. The maximum Gasteiger partial charge on any atom is 0.329 e. The fourth-order valence-corrected chi connectivity index (χ4v) is 3.60. The van der Waals surface area contributed by atoms with Crippen molar-refractivity contribution in [2.75, 3.05) is 33.7 Å². The highest BCUT2D eigenvalue weighted by atomic mass is 16.4. The van der Waals surface area contributed by atoms with Gasteiger partial charge in [-0.25, -0.2) is 9.59 Å². The number of rotatable bonds is 2. The molecule has 2 aliphatic rings. The van der Waals surface area contributed by atoms with E-state index >= 15 is 0 Å². The summed E-state index contributed by atoms with van der Waals surface area (Å²) in [4.78, 5) is 30.0. The monoisotopic (exact) mass is 297 g/mol. The van der Waals surface area contributed by atoms with E-state index in [1.807, 2.05) is 19.0 Å². The van der Waals surface area contributed by atoms with Gasteiger partial charge in [-0.05, 0) is 46.2 Å². The number of piperidine rings is 1. The van der Waals surface area contributed by atoms with Gasteiger partial charge in [-0.15, -0.1) is 0 Å². The summed E-state index contributed by atoms with van der Waals surface area (Å²) in [7, 11) is 4.05. The second kappa shape index (κ2) is 5.83. The molecule has 21 heavy (non-hydrogen) atoms. The van der Waals surface area contributed by atoms with E-state index in [1.54, 1.807) is 11.8 Å². The van der Waals surface area contributed by atoms with E-state index in [0.717, 1.165) is 12.8 Å². The molecule has 0 spiro atoms. The van der Waals surface area contributed by atoms with Crippen molar-refractivity contribution >= 4 is 12.0 Å². The number of carboxylic acid groups (broad SMARTS) is 1. The molecule has 2 amide bonds. The van der Waals surface area contributed by atoms with Gasteiger partial charge in [-0.1, -0.05) is 6.92 Å². The summed E-state index contributed by atoms with van der Waals surface area (Å²) in [6.07, 6.45) is 2.28. The molecule has 2 heterocycles. The highest BCUT2D eigenvalue weighted by Crippen LogP contribution is 2.31. The number of urea groups is 1. The number of aliphatic carboxylic acids is 1. The predicted molar refractivity (Wildman–Crippen MR) is 80.2 cm³/mol. The van der Waals surface area contributed by atoms with Gasteiger partial charge in [0.2, 0.25) is 0 Å². The molecule has 0 aromatic carbocycles. The largest absolute Gasteiger partial charge is 0.480 e. The standard InChI is InChI=1S/C15H27N3O3/c1-11-9-17(10-12(11)16(3)4)14(21)18-8-6-5-7-15(18,2)13(19)20/h11-12H,5-10H2,1-4H3,(H,19,20). The number of carbonyl (C=O) groups excluding carboxylic acids is 1. The molecule has 0 aliphatic carbocycles. The number of carbonyl (C=O) groups is 2. The SMILES string of the molecule is CC1CN(C(=O)N2CCCCC2(C)C(=O)O)CC1N(C)C. The third-order valence-electron chi connectivity index (χ3n) is 5.09. The maximum atomic E-state index is 12.8. The highest BCUT2D eigenvalue weighted by Gasteiger charge is 2.46. The molecular weight excluding hydrogens is 270 g/mol. The predicted octanol–water partition coefficient (Wildman–Crippen LogP) is 1.32. The van der Waals surface area contributed by atoms with Crippen LogP contribution in [0.1, 0.15) is 33.1 Å². The number of carboxylic acids is 1. The molecule has 0 radical (unpaired) electrons.